The van der Waals surface area contributed by atoms with E-state index in [1.807, 2.05) is 97.1 Å². The molecular formula is C26H20NOP. The Labute approximate surface area is 170 Å². The van der Waals surface area contributed by atoms with Gasteiger partial charge in [-0.05, 0) is 11.6 Å². The Bertz CT molecular complexity index is 1260. The number of aromatic nitrogens is 1. The summed E-state index contributed by atoms with van der Waals surface area (Å²) in [6.45, 7) is 0. The van der Waals surface area contributed by atoms with Gasteiger partial charge < -0.3 is 9.55 Å². The summed E-state index contributed by atoms with van der Waals surface area (Å²) in [5, 5.41) is 2.74. The van der Waals surface area contributed by atoms with E-state index in [1.54, 1.807) is 0 Å². The first-order chi connectivity index (χ1) is 14.3. The van der Waals surface area contributed by atoms with Gasteiger partial charge in [-0.15, -0.1) is 0 Å². The number of aromatic amines is 1. The Hall–Kier alpha value is -3.35. The van der Waals surface area contributed by atoms with E-state index in [0.717, 1.165) is 38.1 Å². The van der Waals surface area contributed by atoms with Crippen LogP contribution in [0.15, 0.2) is 115 Å². The number of benzene rings is 4. The molecule has 0 radical (unpaired) electrons. The third-order valence-corrected chi connectivity index (χ3v) is 8.32. The molecule has 0 atom stereocenters. The van der Waals surface area contributed by atoms with Gasteiger partial charge in [0.15, 0.2) is 7.14 Å². The van der Waals surface area contributed by atoms with Crippen LogP contribution in [0.5, 0.6) is 0 Å². The highest BCUT2D eigenvalue weighted by Crippen LogP contribution is 2.46. The molecule has 0 spiro atoms. The van der Waals surface area contributed by atoms with Crippen molar-refractivity contribution in [3.8, 4) is 11.1 Å². The number of para-hydroxylation sites is 1. The van der Waals surface area contributed by atoms with Crippen molar-refractivity contribution < 1.29 is 4.57 Å². The van der Waals surface area contributed by atoms with E-state index in [-0.39, 0.29) is 0 Å². The van der Waals surface area contributed by atoms with E-state index in [2.05, 4.69) is 23.2 Å². The van der Waals surface area contributed by atoms with E-state index in [4.69, 9.17) is 0 Å². The normalized spacial score (nSPS) is 11.6. The Kier molecular flexibility index (Phi) is 4.42. The van der Waals surface area contributed by atoms with Crippen LogP contribution < -0.4 is 16.0 Å². The highest BCUT2D eigenvalue weighted by Gasteiger charge is 2.34. The summed E-state index contributed by atoms with van der Waals surface area (Å²) in [4.78, 5) is 3.54. The van der Waals surface area contributed by atoms with E-state index in [0.29, 0.717) is 0 Å². The SMILES string of the molecule is O=P(c1ccccc1)(c1ccccc1)c1[nH]c2ccccc2c1-c1ccccc1. The van der Waals surface area contributed by atoms with E-state index < -0.39 is 7.14 Å². The van der Waals surface area contributed by atoms with E-state index in [9.17, 15) is 4.57 Å². The first-order valence-corrected chi connectivity index (χ1v) is 11.4. The molecule has 29 heavy (non-hydrogen) atoms. The zero-order chi connectivity index (χ0) is 19.7. The van der Waals surface area contributed by atoms with Gasteiger partial charge >= 0.3 is 0 Å². The van der Waals surface area contributed by atoms with Crippen molar-refractivity contribution in [2.45, 2.75) is 0 Å². The van der Waals surface area contributed by atoms with Gasteiger partial charge in [0.1, 0.15) is 0 Å². The molecule has 0 amide bonds. The number of hydrogen-bond acceptors (Lipinski definition) is 1. The summed E-state index contributed by atoms with van der Waals surface area (Å²) < 4.78 is 15.0. The monoisotopic (exact) mass is 393 g/mol. The molecule has 0 aliphatic heterocycles. The summed E-state index contributed by atoms with van der Waals surface area (Å²) in [5.74, 6) is 0. The maximum atomic E-state index is 15.0. The third-order valence-electron chi connectivity index (χ3n) is 5.30. The Morgan fingerprint density at radius 3 is 1.62 bits per heavy atom. The van der Waals surface area contributed by atoms with Crippen molar-refractivity contribution in [1.82, 2.24) is 4.98 Å². The third kappa shape index (κ3) is 2.93. The van der Waals surface area contributed by atoms with Crippen molar-refractivity contribution in [3.05, 3.63) is 115 Å². The van der Waals surface area contributed by atoms with Gasteiger partial charge in [0.25, 0.3) is 0 Å². The van der Waals surface area contributed by atoms with Gasteiger partial charge in [-0.2, -0.15) is 0 Å². The van der Waals surface area contributed by atoms with Gasteiger partial charge in [0.05, 0.1) is 5.44 Å². The average Bonchev–Trinajstić information content (AvgIpc) is 3.20. The van der Waals surface area contributed by atoms with Crippen molar-refractivity contribution in [3.63, 3.8) is 0 Å². The molecule has 0 aliphatic rings. The lowest BCUT2D eigenvalue weighted by Gasteiger charge is -2.20. The number of hydrogen-bond donors (Lipinski definition) is 1. The number of H-pyrrole nitrogens is 1. The zero-order valence-electron chi connectivity index (χ0n) is 15.8. The van der Waals surface area contributed by atoms with Crippen molar-refractivity contribution >= 4 is 34.1 Å². The minimum Gasteiger partial charge on any atom is -0.351 e. The predicted octanol–water partition coefficient (Wildman–Crippen LogP) is 5.47. The van der Waals surface area contributed by atoms with Gasteiger partial charge in [0.2, 0.25) is 0 Å². The smallest absolute Gasteiger partial charge is 0.187 e. The molecule has 5 rings (SSSR count). The summed E-state index contributed by atoms with van der Waals surface area (Å²) >= 11 is 0. The molecule has 5 aromatic rings. The highest BCUT2D eigenvalue weighted by atomic mass is 31.2. The van der Waals surface area contributed by atoms with Crippen LogP contribution in [0, 0.1) is 0 Å². The van der Waals surface area contributed by atoms with Crippen LogP contribution in [0.3, 0.4) is 0 Å². The molecule has 1 aromatic heterocycles. The molecular weight excluding hydrogens is 373 g/mol. The molecule has 0 fully saturated rings. The van der Waals surface area contributed by atoms with Crippen LogP contribution >= 0.6 is 7.14 Å². The second-order valence-electron chi connectivity index (χ2n) is 7.04. The first-order valence-electron chi connectivity index (χ1n) is 9.66. The zero-order valence-corrected chi connectivity index (χ0v) is 16.7. The predicted molar refractivity (Wildman–Crippen MR) is 123 cm³/mol. The largest absolute Gasteiger partial charge is 0.351 e. The Morgan fingerprint density at radius 1 is 0.552 bits per heavy atom. The summed E-state index contributed by atoms with van der Waals surface area (Å²) in [5.41, 5.74) is 3.85. The number of fused-ring (bicyclic) bond motifs is 1. The maximum absolute atomic E-state index is 15.0. The molecule has 2 nitrogen and oxygen atoms in total. The van der Waals surface area contributed by atoms with E-state index >= 15 is 0 Å². The molecule has 0 bridgehead atoms. The quantitative estimate of drug-likeness (QED) is 0.403. The molecule has 3 heteroatoms. The average molecular weight is 393 g/mol. The van der Waals surface area contributed by atoms with Gasteiger partial charge in [-0.3, -0.25) is 0 Å². The van der Waals surface area contributed by atoms with Crippen LogP contribution in [-0.4, -0.2) is 4.98 Å². The fourth-order valence-electron chi connectivity index (χ4n) is 3.94. The maximum Gasteiger partial charge on any atom is 0.187 e. The van der Waals surface area contributed by atoms with E-state index in [1.165, 1.54) is 0 Å². The second kappa shape index (κ2) is 7.24. The fourth-order valence-corrected chi connectivity index (χ4v) is 6.78. The fraction of sp³-hybridized carbons (Fsp3) is 0. The van der Waals surface area contributed by atoms with Crippen LogP contribution in [-0.2, 0) is 4.57 Å². The molecule has 1 heterocycles. The van der Waals surface area contributed by atoms with Crippen LogP contribution in [0.2, 0.25) is 0 Å². The highest BCUT2D eigenvalue weighted by molar-refractivity contribution is 7.85. The minimum absolute atomic E-state index is 0.780. The molecule has 0 unspecified atom stereocenters. The molecule has 0 aliphatic carbocycles. The lowest BCUT2D eigenvalue weighted by atomic mass is 10.1. The summed E-state index contributed by atoms with van der Waals surface area (Å²) in [6, 6.07) is 38.0. The molecule has 4 aromatic carbocycles. The van der Waals surface area contributed by atoms with Crippen molar-refractivity contribution in [2.75, 3.05) is 0 Å². The number of rotatable bonds is 4. The van der Waals surface area contributed by atoms with Crippen LogP contribution in [0.1, 0.15) is 0 Å². The lowest BCUT2D eigenvalue weighted by Crippen LogP contribution is -2.26. The van der Waals surface area contributed by atoms with Gasteiger partial charge in [-0.1, -0.05) is 109 Å². The summed E-state index contributed by atoms with van der Waals surface area (Å²) in [6.07, 6.45) is 0. The van der Waals surface area contributed by atoms with Crippen LogP contribution in [0.25, 0.3) is 22.0 Å². The molecule has 1 N–H and O–H groups in total. The second-order valence-corrected chi connectivity index (χ2v) is 9.74. The standard InChI is InChI=1S/C26H20NOP/c28-29(21-14-6-2-7-15-21,22-16-8-3-9-17-22)26-25(20-12-4-1-5-13-20)23-18-10-11-19-24(23)27-26/h1-19,27H. The first kappa shape index (κ1) is 17.7. The van der Waals surface area contributed by atoms with Crippen molar-refractivity contribution in [1.29, 1.82) is 0 Å². The Balaban J connectivity index is 1.91. The molecule has 140 valence electrons. The molecule has 0 saturated carbocycles. The lowest BCUT2D eigenvalue weighted by molar-refractivity contribution is 0.592. The topological polar surface area (TPSA) is 32.9 Å². The van der Waals surface area contributed by atoms with Crippen molar-refractivity contribution in [2.24, 2.45) is 0 Å². The molecule has 0 saturated heterocycles. The van der Waals surface area contributed by atoms with Gasteiger partial charge in [-0.25, -0.2) is 0 Å². The Morgan fingerprint density at radius 2 is 1.03 bits per heavy atom. The number of nitrogens with one attached hydrogen (secondary N) is 1. The van der Waals surface area contributed by atoms with Gasteiger partial charge in [0, 0.05) is 27.1 Å². The van der Waals surface area contributed by atoms with Crippen LogP contribution in [0.4, 0.5) is 0 Å². The summed E-state index contributed by atoms with van der Waals surface area (Å²) in [7, 11) is -3.11. The minimum atomic E-state index is -3.11.